The van der Waals surface area contributed by atoms with Crippen molar-refractivity contribution in [3.63, 3.8) is 0 Å². The van der Waals surface area contributed by atoms with Gasteiger partial charge in [-0.1, -0.05) is 52.7 Å². The van der Waals surface area contributed by atoms with Crippen molar-refractivity contribution in [2.45, 2.75) is 13.0 Å². The van der Waals surface area contributed by atoms with Crippen LogP contribution in [0.5, 0.6) is 0 Å². The molecule has 0 spiro atoms. The van der Waals surface area contributed by atoms with Crippen LogP contribution < -0.4 is 5.32 Å². The molecule has 1 N–H and O–H groups in total. The summed E-state index contributed by atoms with van der Waals surface area (Å²) in [6, 6.07) is 15.9. The van der Waals surface area contributed by atoms with Crippen LogP contribution in [0.3, 0.4) is 0 Å². The maximum absolute atomic E-state index is 6.05. The molecule has 1 aromatic heterocycles. The standard InChI is InChI=1S/C17H15BrClNO/c1-2-20-17(13-5-3-4-6-14(13)18)16-10-11-9-12(19)7-8-15(11)21-16/h3-10,17,20H,2H2,1H3. The van der Waals surface area contributed by atoms with E-state index in [0.29, 0.717) is 0 Å². The zero-order valence-electron chi connectivity index (χ0n) is 11.6. The smallest absolute Gasteiger partial charge is 0.134 e. The molecule has 1 unspecified atom stereocenters. The van der Waals surface area contributed by atoms with Crippen molar-refractivity contribution in [1.29, 1.82) is 0 Å². The summed E-state index contributed by atoms with van der Waals surface area (Å²) in [5.41, 5.74) is 2.01. The minimum atomic E-state index is 0.0109. The lowest BCUT2D eigenvalue weighted by molar-refractivity contribution is 0.476. The molecular weight excluding hydrogens is 350 g/mol. The summed E-state index contributed by atoms with van der Waals surface area (Å²) in [6.45, 7) is 2.94. The molecule has 21 heavy (non-hydrogen) atoms. The molecule has 0 aliphatic rings. The molecular formula is C17H15BrClNO. The lowest BCUT2D eigenvalue weighted by atomic mass is 10.0. The van der Waals surface area contributed by atoms with E-state index < -0.39 is 0 Å². The Morgan fingerprint density at radius 2 is 2.00 bits per heavy atom. The number of rotatable bonds is 4. The molecule has 3 aromatic rings. The average Bonchev–Trinajstić information content (AvgIpc) is 2.88. The maximum Gasteiger partial charge on any atom is 0.134 e. The number of fused-ring (bicyclic) bond motifs is 1. The second kappa shape index (κ2) is 6.22. The van der Waals surface area contributed by atoms with Crippen LogP contribution in [0.4, 0.5) is 0 Å². The summed E-state index contributed by atoms with van der Waals surface area (Å²) in [5.74, 6) is 0.890. The summed E-state index contributed by atoms with van der Waals surface area (Å²) in [6.07, 6.45) is 0. The molecule has 0 amide bonds. The number of hydrogen-bond acceptors (Lipinski definition) is 2. The van der Waals surface area contributed by atoms with Crippen molar-refractivity contribution in [1.82, 2.24) is 5.32 Å². The molecule has 0 radical (unpaired) electrons. The van der Waals surface area contributed by atoms with Gasteiger partial charge >= 0.3 is 0 Å². The van der Waals surface area contributed by atoms with Crippen LogP contribution >= 0.6 is 27.5 Å². The second-order valence-corrected chi connectivity index (χ2v) is 6.13. The SMILES string of the molecule is CCNC(c1cc2cc(Cl)ccc2o1)c1ccccc1Br. The van der Waals surface area contributed by atoms with Crippen LogP contribution in [0.1, 0.15) is 24.3 Å². The summed E-state index contributed by atoms with van der Waals surface area (Å²) < 4.78 is 7.07. The average molecular weight is 365 g/mol. The largest absolute Gasteiger partial charge is 0.459 e. The van der Waals surface area contributed by atoms with E-state index in [1.807, 2.05) is 42.5 Å². The van der Waals surface area contributed by atoms with Crippen LogP contribution in [-0.4, -0.2) is 6.54 Å². The van der Waals surface area contributed by atoms with Crippen molar-refractivity contribution in [2.75, 3.05) is 6.54 Å². The zero-order valence-corrected chi connectivity index (χ0v) is 13.9. The fraction of sp³-hybridized carbons (Fsp3) is 0.176. The third-order valence-electron chi connectivity index (χ3n) is 3.41. The molecule has 4 heteroatoms. The van der Waals surface area contributed by atoms with Crippen molar-refractivity contribution >= 4 is 38.5 Å². The highest BCUT2D eigenvalue weighted by atomic mass is 79.9. The molecule has 2 aromatic carbocycles. The van der Waals surface area contributed by atoms with Gasteiger partial charge in [-0.05, 0) is 42.4 Å². The van der Waals surface area contributed by atoms with E-state index in [1.54, 1.807) is 0 Å². The minimum Gasteiger partial charge on any atom is -0.459 e. The van der Waals surface area contributed by atoms with Gasteiger partial charge in [0.05, 0.1) is 6.04 Å². The van der Waals surface area contributed by atoms with E-state index in [2.05, 4.69) is 34.2 Å². The Labute approximate surface area is 137 Å². The van der Waals surface area contributed by atoms with Gasteiger partial charge in [-0.3, -0.25) is 0 Å². The molecule has 1 heterocycles. The monoisotopic (exact) mass is 363 g/mol. The van der Waals surface area contributed by atoms with Crippen molar-refractivity contribution in [3.8, 4) is 0 Å². The molecule has 0 saturated carbocycles. The Bertz CT molecular complexity index is 768. The predicted molar refractivity (Wildman–Crippen MR) is 90.9 cm³/mol. The Balaban J connectivity index is 2.09. The molecule has 1 atom stereocenters. The first kappa shape index (κ1) is 14.6. The summed E-state index contributed by atoms with van der Waals surface area (Å²) >= 11 is 9.66. The highest BCUT2D eigenvalue weighted by molar-refractivity contribution is 9.10. The molecule has 0 saturated heterocycles. The van der Waals surface area contributed by atoms with Crippen LogP contribution in [0, 0.1) is 0 Å². The number of benzene rings is 2. The van der Waals surface area contributed by atoms with Gasteiger partial charge in [0.1, 0.15) is 11.3 Å². The van der Waals surface area contributed by atoms with E-state index >= 15 is 0 Å². The van der Waals surface area contributed by atoms with E-state index in [4.69, 9.17) is 16.0 Å². The normalized spacial score (nSPS) is 12.7. The van der Waals surface area contributed by atoms with Gasteiger partial charge in [-0.15, -0.1) is 0 Å². The molecule has 2 nitrogen and oxygen atoms in total. The summed E-state index contributed by atoms with van der Waals surface area (Å²) in [4.78, 5) is 0. The Morgan fingerprint density at radius 1 is 1.19 bits per heavy atom. The molecule has 108 valence electrons. The second-order valence-electron chi connectivity index (χ2n) is 4.84. The lowest BCUT2D eigenvalue weighted by Crippen LogP contribution is -2.21. The van der Waals surface area contributed by atoms with Gasteiger partial charge in [0.15, 0.2) is 0 Å². The highest BCUT2D eigenvalue weighted by Crippen LogP contribution is 2.32. The molecule has 0 aliphatic carbocycles. The fourth-order valence-electron chi connectivity index (χ4n) is 2.45. The minimum absolute atomic E-state index is 0.0109. The van der Waals surface area contributed by atoms with Crippen molar-refractivity contribution < 1.29 is 4.42 Å². The first-order chi connectivity index (χ1) is 10.2. The third kappa shape index (κ3) is 3.00. The lowest BCUT2D eigenvalue weighted by Gasteiger charge is -2.17. The Morgan fingerprint density at radius 3 is 2.76 bits per heavy atom. The zero-order chi connectivity index (χ0) is 14.8. The van der Waals surface area contributed by atoms with E-state index in [-0.39, 0.29) is 6.04 Å². The Hall–Kier alpha value is -1.29. The van der Waals surface area contributed by atoms with Crippen LogP contribution in [0.2, 0.25) is 5.02 Å². The van der Waals surface area contributed by atoms with Gasteiger partial charge in [0.25, 0.3) is 0 Å². The number of hydrogen-bond donors (Lipinski definition) is 1. The van der Waals surface area contributed by atoms with Gasteiger partial charge in [0.2, 0.25) is 0 Å². The van der Waals surface area contributed by atoms with Gasteiger partial charge in [-0.25, -0.2) is 0 Å². The number of nitrogens with one attached hydrogen (secondary N) is 1. The van der Waals surface area contributed by atoms with Gasteiger partial charge < -0.3 is 9.73 Å². The summed E-state index contributed by atoms with van der Waals surface area (Å²) in [5, 5.41) is 5.21. The maximum atomic E-state index is 6.05. The first-order valence-electron chi connectivity index (χ1n) is 6.86. The number of furan rings is 1. The van der Waals surface area contributed by atoms with E-state index in [0.717, 1.165) is 38.3 Å². The van der Waals surface area contributed by atoms with Crippen molar-refractivity contribution in [3.05, 3.63) is 69.3 Å². The highest BCUT2D eigenvalue weighted by Gasteiger charge is 2.19. The van der Waals surface area contributed by atoms with Crippen LogP contribution in [0.25, 0.3) is 11.0 Å². The van der Waals surface area contributed by atoms with Gasteiger partial charge in [-0.2, -0.15) is 0 Å². The van der Waals surface area contributed by atoms with Crippen molar-refractivity contribution in [2.24, 2.45) is 0 Å². The summed E-state index contributed by atoms with van der Waals surface area (Å²) in [7, 11) is 0. The first-order valence-corrected chi connectivity index (χ1v) is 8.03. The van der Waals surface area contributed by atoms with E-state index in [9.17, 15) is 0 Å². The molecule has 0 fully saturated rings. The Kier molecular flexibility index (Phi) is 4.34. The van der Waals surface area contributed by atoms with Crippen LogP contribution in [-0.2, 0) is 0 Å². The molecule has 3 rings (SSSR count). The van der Waals surface area contributed by atoms with Crippen LogP contribution in [0.15, 0.2) is 57.4 Å². The topological polar surface area (TPSA) is 25.2 Å². The third-order valence-corrected chi connectivity index (χ3v) is 4.36. The molecule has 0 bridgehead atoms. The quantitative estimate of drug-likeness (QED) is 0.657. The van der Waals surface area contributed by atoms with E-state index in [1.165, 1.54) is 0 Å². The fourth-order valence-corrected chi connectivity index (χ4v) is 3.15. The predicted octanol–water partition coefficient (Wildman–Crippen LogP) is 5.55. The number of halogens is 2. The van der Waals surface area contributed by atoms with Gasteiger partial charge in [0, 0.05) is 14.9 Å². The molecule has 0 aliphatic heterocycles.